The van der Waals surface area contributed by atoms with Crippen molar-refractivity contribution in [3.05, 3.63) is 72.3 Å². The van der Waals surface area contributed by atoms with Crippen molar-refractivity contribution >= 4 is 29.4 Å². The Balaban J connectivity index is 1.12. The van der Waals surface area contributed by atoms with E-state index in [9.17, 15) is 9.59 Å². The van der Waals surface area contributed by atoms with Gasteiger partial charge in [0.25, 0.3) is 0 Å². The predicted molar refractivity (Wildman–Crippen MR) is 179 cm³/mol. The van der Waals surface area contributed by atoms with Crippen LogP contribution in [0.5, 0.6) is 5.75 Å². The molecular formula is C37H52N2O5. The SMILES string of the molecule is C=CCC1CCC(COc2ccc(C=CC(=O)OCCCCCCCCCCCOC(=O)c3cc(N)cc(N)c3)cc2)CC1. The van der Waals surface area contributed by atoms with Crippen molar-refractivity contribution in [1.82, 2.24) is 0 Å². The van der Waals surface area contributed by atoms with Gasteiger partial charge in [-0.1, -0.05) is 63.2 Å². The number of rotatable bonds is 20. The first-order valence-electron chi connectivity index (χ1n) is 16.4. The van der Waals surface area contributed by atoms with Crippen LogP contribution in [-0.4, -0.2) is 31.8 Å². The Labute approximate surface area is 264 Å². The summed E-state index contributed by atoms with van der Waals surface area (Å²) in [5, 5.41) is 0. The predicted octanol–water partition coefficient (Wildman–Crippen LogP) is 8.54. The number of anilines is 2. The third-order valence-electron chi connectivity index (χ3n) is 8.22. The number of hydrogen-bond donors (Lipinski definition) is 2. The average molecular weight is 605 g/mol. The van der Waals surface area contributed by atoms with E-state index in [-0.39, 0.29) is 11.9 Å². The molecule has 0 heterocycles. The van der Waals surface area contributed by atoms with Gasteiger partial charge in [-0.3, -0.25) is 0 Å². The lowest BCUT2D eigenvalue weighted by molar-refractivity contribution is -0.137. The minimum atomic E-state index is -0.385. The van der Waals surface area contributed by atoms with Gasteiger partial charge in [0, 0.05) is 17.5 Å². The zero-order valence-corrected chi connectivity index (χ0v) is 26.4. The molecule has 0 bridgehead atoms. The molecule has 1 aliphatic carbocycles. The largest absolute Gasteiger partial charge is 0.493 e. The third-order valence-corrected chi connectivity index (χ3v) is 8.22. The Hall–Kier alpha value is -3.74. The summed E-state index contributed by atoms with van der Waals surface area (Å²) in [7, 11) is 0. The van der Waals surface area contributed by atoms with Crippen LogP contribution in [0.25, 0.3) is 6.08 Å². The molecule has 0 radical (unpaired) electrons. The summed E-state index contributed by atoms with van der Waals surface area (Å²) in [6.07, 6.45) is 21.1. The molecule has 1 saturated carbocycles. The van der Waals surface area contributed by atoms with Gasteiger partial charge in [-0.25, -0.2) is 9.59 Å². The summed E-state index contributed by atoms with van der Waals surface area (Å²) in [4.78, 5) is 24.1. The number of benzene rings is 2. The molecule has 1 aliphatic rings. The number of hydrogen-bond acceptors (Lipinski definition) is 7. The first-order chi connectivity index (χ1) is 21.4. The Morgan fingerprint density at radius 1 is 0.750 bits per heavy atom. The van der Waals surface area contributed by atoms with Crippen molar-refractivity contribution in [2.75, 3.05) is 31.3 Å². The van der Waals surface area contributed by atoms with Crippen molar-refractivity contribution in [1.29, 1.82) is 0 Å². The smallest absolute Gasteiger partial charge is 0.338 e. The van der Waals surface area contributed by atoms with E-state index in [1.807, 2.05) is 30.3 Å². The maximum Gasteiger partial charge on any atom is 0.338 e. The van der Waals surface area contributed by atoms with Crippen LogP contribution in [0.3, 0.4) is 0 Å². The van der Waals surface area contributed by atoms with Crippen LogP contribution in [0.4, 0.5) is 11.4 Å². The standard InChI is InChI=1S/C37H52N2O5/c1-2-12-29-13-15-31(16-14-29)28-44-35-20-17-30(18-21-35)19-22-36(40)42-23-10-8-6-4-3-5-7-9-11-24-43-37(41)32-25-33(38)27-34(39)26-32/h2,17-22,25-27,29,31H,1,3-16,23-24,28,38-39H2. The number of nitrogen functional groups attached to an aromatic ring is 2. The molecule has 0 unspecified atom stereocenters. The Morgan fingerprint density at radius 3 is 1.89 bits per heavy atom. The maximum absolute atomic E-state index is 12.1. The fraction of sp³-hybridized carbons (Fsp3) is 0.514. The van der Waals surface area contributed by atoms with Crippen LogP contribution in [0.15, 0.2) is 61.2 Å². The lowest BCUT2D eigenvalue weighted by atomic mass is 9.81. The molecule has 7 heteroatoms. The second kappa shape index (κ2) is 20.3. The summed E-state index contributed by atoms with van der Waals surface area (Å²) in [6, 6.07) is 12.6. The van der Waals surface area contributed by atoms with E-state index in [1.165, 1.54) is 51.0 Å². The summed E-state index contributed by atoms with van der Waals surface area (Å²) < 4.78 is 16.7. The highest BCUT2D eigenvalue weighted by Crippen LogP contribution is 2.31. The Morgan fingerprint density at radius 2 is 1.30 bits per heavy atom. The minimum Gasteiger partial charge on any atom is -0.493 e. The second-order valence-corrected chi connectivity index (χ2v) is 12.0. The molecule has 0 aromatic heterocycles. The average Bonchev–Trinajstić information content (AvgIpc) is 3.02. The second-order valence-electron chi connectivity index (χ2n) is 12.0. The van der Waals surface area contributed by atoms with E-state index in [0.29, 0.717) is 36.1 Å². The number of ether oxygens (including phenoxy) is 3. The van der Waals surface area contributed by atoms with Gasteiger partial charge in [0.2, 0.25) is 0 Å². The van der Waals surface area contributed by atoms with Crippen LogP contribution < -0.4 is 16.2 Å². The zero-order chi connectivity index (χ0) is 31.4. The van der Waals surface area contributed by atoms with Gasteiger partial charge < -0.3 is 25.7 Å². The number of unbranched alkanes of at least 4 members (excludes halogenated alkanes) is 8. The molecule has 0 aliphatic heterocycles. The van der Waals surface area contributed by atoms with Gasteiger partial charge >= 0.3 is 11.9 Å². The van der Waals surface area contributed by atoms with Crippen molar-refractivity contribution in [3.63, 3.8) is 0 Å². The van der Waals surface area contributed by atoms with Crippen LogP contribution >= 0.6 is 0 Å². The number of esters is 2. The first-order valence-corrected chi connectivity index (χ1v) is 16.4. The van der Waals surface area contributed by atoms with Gasteiger partial charge in [-0.05, 0) is 98.8 Å². The van der Waals surface area contributed by atoms with E-state index in [2.05, 4.69) is 6.58 Å². The van der Waals surface area contributed by atoms with Crippen molar-refractivity contribution in [2.45, 2.75) is 89.9 Å². The maximum atomic E-state index is 12.1. The molecule has 1 fully saturated rings. The molecule has 0 amide bonds. The van der Waals surface area contributed by atoms with Crippen molar-refractivity contribution in [2.24, 2.45) is 11.8 Å². The van der Waals surface area contributed by atoms with Crippen LogP contribution in [0.2, 0.25) is 0 Å². The summed E-state index contributed by atoms with van der Waals surface area (Å²) in [5.41, 5.74) is 13.7. The fourth-order valence-corrected chi connectivity index (χ4v) is 5.63. The molecule has 3 rings (SSSR count). The Bertz CT molecular complexity index is 1150. The van der Waals surface area contributed by atoms with Crippen LogP contribution in [0, 0.1) is 11.8 Å². The highest BCUT2D eigenvalue weighted by Gasteiger charge is 2.20. The summed E-state index contributed by atoms with van der Waals surface area (Å²) >= 11 is 0. The van der Waals surface area contributed by atoms with E-state index >= 15 is 0 Å². The lowest BCUT2D eigenvalue weighted by Crippen LogP contribution is -2.19. The van der Waals surface area contributed by atoms with Crippen molar-refractivity contribution < 1.29 is 23.8 Å². The molecule has 2 aromatic carbocycles. The van der Waals surface area contributed by atoms with Crippen molar-refractivity contribution in [3.8, 4) is 5.75 Å². The quantitative estimate of drug-likeness (QED) is 0.0512. The van der Waals surface area contributed by atoms with Gasteiger partial charge in [-0.2, -0.15) is 0 Å². The topological polar surface area (TPSA) is 114 Å². The molecule has 7 nitrogen and oxygen atoms in total. The third kappa shape index (κ3) is 14.2. The highest BCUT2D eigenvalue weighted by atomic mass is 16.5. The van der Waals surface area contributed by atoms with E-state index < -0.39 is 0 Å². The molecular weight excluding hydrogens is 552 g/mol. The number of nitrogens with two attached hydrogens (primary N) is 2. The first kappa shape index (κ1) is 34.7. The van der Waals surface area contributed by atoms with Crippen LogP contribution in [-0.2, 0) is 14.3 Å². The number of carbonyl (C=O) groups is 2. The zero-order valence-electron chi connectivity index (χ0n) is 26.4. The molecule has 44 heavy (non-hydrogen) atoms. The van der Waals surface area contributed by atoms with E-state index in [1.54, 1.807) is 24.3 Å². The molecule has 240 valence electrons. The highest BCUT2D eigenvalue weighted by molar-refractivity contribution is 5.91. The monoisotopic (exact) mass is 604 g/mol. The Kier molecular flexibility index (Phi) is 16.0. The summed E-state index contributed by atoms with van der Waals surface area (Å²) in [6.45, 7) is 5.49. The molecule has 0 spiro atoms. The molecule has 4 N–H and O–H groups in total. The number of carbonyl (C=O) groups excluding carboxylic acids is 2. The number of allylic oxidation sites excluding steroid dienone is 1. The van der Waals surface area contributed by atoms with E-state index in [0.717, 1.165) is 68.8 Å². The van der Waals surface area contributed by atoms with E-state index in [4.69, 9.17) is 25.7 Å². The molecule has 0 saturated heterocycles. The minimum absolute atomic E-state index is 0.305. The lowest BCUT2D eigenvalue weighted by Gasteiger charge is -2.27. The molecule has 2 aromatic rings. The van der Waals surface area contributed by atoms with Gasteiger partial charge in [0.15, 0.2) is 0 Å². The fourth-order valence-electron chi connectivity index (χ4n) is 5.63. The van der Waals surface area contributed by atoms with Gasteiger partial charge in [0.1, 0.15) is 5.75 Å². The van der Waals surface area contributed by atoms with Gasteiger partial charge in [-0.15, -0.1) is 6.58 Å². The van der Waals surface area contributed by atoms with Crippen LogP contribution in [0.1, 0.15) is 106 Å². The molecule has 0 atom stereocenters. The normalized spacial score (nSPS) is 16.5. The van der Waals surface area contributed by atoms with Gasteiger partial charge in [0.05, 0.1) is 25.4 Å². The summed E-state index contributed by atoms with van der Waals surface area (Å²) in [5.74, 6) is 1.62.